The predicted molar refractivity (Wildman–Crippen MR) is 109 cm³/mol. The highest BCUT2D eigenvalue weighted by molar-refractivity contribution is 6.31. The maximum Gasteiger partial charge on any atom is 0.331 e. The number of hydrogen-bond acceptors (Lipinski definition) is 4. The van der Waals surface area contributed by atoms with Crippen LogP contribution in [0.3, 0.4) is 0 Å². The summed E-state index contributed by atoms with van der Waals surface area (Å²) in [5.41, 5.74) is 3.05. The average molecular weight is 398 g/mol. The lowest BCUT2D eigenvalue weighted by Crippen LogP contribution is -2.29. The molecule has 28 heavy (non-hydrogen) atoms. The van der Waals surface area contributed by atoms with Crippen LogP contribution in [0.25, 0.3) is 11.7 Å². The molecule has 0 spiro atoms. The lowest BCUT2D eigenvalue weighted by atomic mass is 10.1. The van der Waals surface area contributed by atoms with E-state index in [1.54, 1.807) is 16.7 Å². The Morgan fingerprint density at radius 1 is 1.25 bits per heavy atom. The number of anilines is 1. The molecule has 0 unspecified atom stereocenters. The molecular formula is C21H20ClN3O3. The Kier molecular flexibility index (Phi) is 6.11. The number of benzene rings is 1. The zero-order valence-corrected chi connectivity index (χ0v) is 16.3. The molecule has 0 bridgehead atoms. The Bertz CT molecular complexity index is 1030. The number of amides is 1. The number of carbonyl (C=O) groups is 2. The number of carbonyl (C=O) groups excluding carboxylic acids is 2. The van der Waals surface area contributed by atoms with Crippen LogP contribution in [-0.4, -0.2) is 27.4 Å². The SMILES string of the molecule is CCc1ccc(NC(=O)[C@@H](C)OC(=O)/C=C/c2c(Cl)nc3ccccn23)cc1. The molecule has 2 aromatic heterocycles. The lowest BCUT2D eigenvalue weighted by molar-refractivity contribution is -0.148. The highest BCUT2D eigenvalue weighted by Gasteiger charge is 2.17. The van der Waals surface area contributed by atoms with E-state index in [4.69, 9.17) is 16.3 Å². The molecule has 3 rings (SSSR count). The highest BCUT2D eigenvalue weighted by Crippen LogP contribution is 2.19. The molecule has 1 atom stereocenters. The minimum atomic E-state index is -0.944. The van der Waals surface area contributed by atoms with Crippen molar-refractivity contribution < 1.29 is 14.3 Å². The molecule has 144 valence electrons. The van der Waals surface area contributed by atoms with Crippen molar-refractivity contribution in [2.24, 2.45) is 0 Å². The molecular weight excluding hydrogens is 378 g/mol. The Labute approximate surface area is 167 Å². The van der Waals surface area contributed by atoms with E-state index in [0.717, 1.165) is 6.42 Å². The number of nitrogens with zero attached hydrogens (tertiary/aromatic N) is 2. The van der Waals surface area contributed by atoms with Gasteiger partial charge in [-0.2, -0.15) is 0 Å². The Morgan fingerprint density at radius 2 is 2.00 bits per heavy atom. The Balaban J connectivity index is 1.60. The zero-order chi connectivity index (χ0) is 20.1. The predicted octanol–water partition coefficient (Wildman–Crippen LogP) is 4.13. The van der Waals surface area contributed by atoms with Crippen molar-refractivity contribution >= 4 is 40.9 Å². The molecule has 0 radical (unpaired) electrons. The molecule has 1 N–H and O–H groups in total. The minimum Gasteiger partial charge on any atom is -0.449 e. The fourth-order valence-electron chi connectivity index (χ4n) is 2.62. The van der Waals surface area contributed by atoms with Crippen LogP contribution in [-0.2, 0) is 20.7 Å². The van der Waals surface area contributed by atoms with E-state index in [0.29, 0.717) is 17.0 Å². The largest absolute Gasteiger partial charge is 0.449 e. The maximum atomic E-state index is 12.2. The molecule has 0 aliphatic carbocycles. The quantitative estimate of drug-likeness (QED) is 0.501. The number of esters is 1. The number of fused-ring (bicyclic) bond motifs is 1. The fraction of sp³-hybridized carbons (Fsp3) is 0.190. The zero-order valence-electron chi connectivity index (χ0n) is 15.6. The molecule has 1 amide bonds. The van der Waals surface area contributed by atoms with E-state index in [-0.39, 0.29) is 5.15 Å². The molecule has 0 saturated carbocycles. The number of aryl methyl sites for hydroxylation is 1. The average Bonchev–Trinajstić information content (AvgIpc) is 3.01. The third-order valence-corrected chi connectivity index (χ3v) is 4.47. The topological polar surface area (TPSA) is 72.7 Å². The van der Waals surface area contributed by atoms with Crippen LogP contribution in [0.2, 0.25) is 5.15 Å². The first kappa shape index (κ1) is 19.6. The van der Waals surface area contributed by atoms with Crippen molar-refractivity contribution in [3.05, 3.63) is 71.1 Å². The monoisotopic (exact) mass is 397 g/mol. The Morgan fingerprint density at radius 3 is 2.71 bits per heavy atom. The van der Waals surface area contributed by atoms with Crippen LogP contribution in [0.5, 0.6) is 0 Å². The molecule has 3 aromatic rings. The summed E-state index contributed by atoms with van der Waals surface area (Å²) < 4.78 is 6.92. The van der Waals surface area contributed by atoms with Gasteiger partial charge in [-0.3, -0.25) is 9.20 Å². The maximum absolute atomic E-state index is 12.2. The molecule has 0 aliphatic rings. The van der Waals surface area contributed by atoms with Crippen molar-refractivity contribution in [1.29, 1.82) is 0 Å². The van der Waals surface area contributed by atoms with E-state index in [2.05, 4.69) is 17.2 Å². The first-order valence-corrected chi connectivity index (χ1v) is 9.27. The molecule has 1 aromatic carbocycles. The van der Waals surface area contributed by atoms with Gasteiger partial charge in [-0.1, -0.05) is 36.7 Å². The van der Waals surface area contributed by atoms with Gasteiger partial charge >= 0.3 is 5.97 Å². The standard InChI is InChI=1S/C21H20ClN3O3/c1-3-15-7-9-16(10-8-15)23-21(27)14(2)28-19(26)12-11-17-20(22)24-18-6-4-5-13-25(17)18/h4-14H,3H2,1-2H3,(H,23,27)/b12-11+/t14-/m1/s1. The first-order valence-electron chi connectivity index (χ1n) is 8.89. The number of ether oxygens (including phenoxy) is 1. The molecule has 6 nitrogen and oxygen atoms in total. The van der Waals surface area contributed by atoms with E-state index >= 15 is 0 Å². The summed E-state index contributed by atoms with van der Waals surface area (Å²) in [6, 6.07) is 13.0. The van der Waals surface area contributed by atoms with E-state index in [1.807, 2.05) is 36.4 Å². The Hall–Kier alpha value is -3.12. The van der Waals surface area contributed by atoms with Crippen LogP contribution in [0, 0.1) is 0 Å². The van der Waals surface area contributed by atoms with Crippen LogP contribution in [0.15, 0.2) is 54.7 Å². The second-order valence-electron chi connectivity index (χ2n) is 6.17. The lowest BCUT2D eigenvalue weighted by Gasteiger charge is -2.12. The minimum absolute atomic E-state index is 0.275. The molecule has 0 saturated heterocycles. The fourth-order valence-corrected chi connectivity index (χ4v) is 2.86. The van der Waals surface area contributed by atoms with Gasteiger partial charge in [0.1, 0.15) is 5.65 Å². The number of aromatic nitrogens is 2. The summed E-state index contributed by atoms with van der Waals surface area (Å²) in [5.74, 6) is -1.05. The number of nitrogens with one attached hydrogen (secondary N) is 1. The van der Waals surface area contributed by atoms with Gasteiger partial charge in [0.25, 0.3) is 5.91 Å². The van der Waals surface area contributed by atoms with Crippen molar-refractivity contribution in [1.82, 2.24) is 9.38 Å². The summed E-state index contributed by atoms with van der Waals surface area (Å²) in [5, 5.41) is 3.00. The van der Waals surface area contributed by atoms with Crippen molar-refractivity contribution in [3.8, 4) is 0 Å². The smallest absolute Gasteiger partial charge is 0.331 e. The van der Waals surface area contributed by atoms with Gasteiger partial charge < -0.3 is 10.1 Å². The van der Waals surface area contributed by atoms with Gasteiger partial charge in [-0.25, -0.2) is 9.78 Å². The van der Waals surface area contributed by atoms with Crippen molar-refractivity contribution in [2.75, 3.05) is 5.32 Å². The summed E-state index contributed by atoms with van der Waals surface area (Å²) >= 11 is 6.12. The highest BCUT2D eigenvalue weighted by atomic mass is 35.5. The number of rotatable bonds is 6. The van der Waals surface area contributed by atoms with Gasteiger partial charge in [-0.05, 0) is 49.2 Å². The van der Waals surface area contributed by atoms with Crippen LogP contribution in [0.4, 0.5) is 5.69 Å². The van der Waals surface area contributed by atoms with Gasteiger partial charge in [0, 0.05) is 18.0 Å². The number of pyridine rings is 1. The summed E-state index contributed by atoms with van der Waals surface area (Å²) in [6.07, 6.45) is 4.51. The van der Waals surface area contributed by atoms with E-state index in [1.165, 1.54) is 24.6 Å². The van der Waals surface area contributed by atoms with Crippen LogP contribution in [0.1, 0.15) is 25.1 Å². The van der Waals surface area contributed by atoms with Gasteiger partial charge in [0.15, 0.2) is 11.3 Å². The van der Waals surface area contributed by atoms with Gasteiger partial charge in [0.2, 0.25) is 0 Å². The number of imidazole rings is 1. The van der Waals surface area contributed by atoms with Gasteiger partial charge in [0.05, 0.1) is 5.69 Å². The molecule has 0 aliphatic heterocycles. The number of halogens is 1. The van der Waals surface area contributed by atoms with Crippen LogP contribution >= 0.6 is 11.6 Å². The van der Waals surface area contributed by atoms with Crippen molar-refractivity contribution in [2.45, 2.75) is 26.4 Å². The third-order valence-electron chi connectivity index (χ3n) is 4.19. The second-order valence-corrected chi connectivity index (χ2v) is 6.53. The second kappa shape index (κ2) is 8.71. The van der Waals surface area contributed by atoms with E-state index in [9.17, 15) is 9.59 Å². The van der Waals surface area contributed by atoms with Gasteiger partial charge in [-0.15, -0.1) is 0 Å². The molecule has 0 fully saturated rings. The molecule has 2 heterocycles. The first-order chi connectivity index (χ1) is 13.5. The molecule has 7 heteroatoms. The third kappa shape index (κ3) is 4.58. The summed E-state index contributed by atoms with van der Waals surface area (Å²) in [4.78, 5) is 28.5. The normalized spacial score (nSPS) is 12.2. The number of hydrogen-bond donors (Lipinski definition) is 1. The van der Waals surface area contributed by atoms with E-state index < -0.39 is 18.0 Å². The van der Waals surface area contributed by atoms with Crippen LogP contribution < -0.4 is 5.32 Å². The summed E-state index contributed by atoms with van der Waals surface area (Å²) in [6.45, 7) is 3.57. The van der Waals surface area contributed by atoms with Crippen molar-refractivity contribution in [3.63, 3.8) is 0 Å². The summed E-state index contributed by atoms with van der Waals surface area (Å²) in [7, 11) is 0.